The summed E-state index contributed by atoms with van der Waals surface area (Å²) in [5, 5.41) is 9.87. The zero-order valence-electron chi connectivity index (χ0n) is 11.1. The summed E-state index contributed by atoms with van der Waals surface area (Å²) in [4.78, 5) is 0. The second-order valence-corrected chi connectivity index (χ2v) is 6.03. The van der Waals surface area contributed by atoms with Crippen LogP contribution in [0.3, 0.4) is 0 Å². The summed E-state index contributed by atoms with van der Waals surface area (Å²) in [6, 6.07) is 0. The van der Waals surface area contributed by atoms with Gasteiger partial charge in [0, 0.05) is 0 Å². The Kier molecular flexibility index (Phi) is 3.35. The van der Waals surface area contributed by atoms with Gasteiger partial charge in [0.2, 0.25) is 0 Å². The third-order valence-corrected chi connectivity index (χ3v) is 4.90. The van der Waals surface area contributed by atoms with Crippen molar-refractivity contribution in [2.24, 2.45) is 10.8 Å². The Morgan fingerprint density at radius 2 is 1.80 bits per heavy atom. The summed E-state index contributed by atoms with van der Waals surface area (Å²) in [5.41, 5.74) is 3.50. The third-order valence-electron chi connectivity index (χ3n) is 4.90. The minimum atomic E-state index is -0.145. The molecule has 1 rings (SSSR count). The van der Waals surface area contributed by atoms with Gasteiger partial charge < -0.3 is 5.11 Å². The molecule has 15 heavy (non-hydrogen) atoms. The van der Waals surface area contributed by atoms with Crippen molar-refractivity contribution >= 4 is 0 Å². The minimum absolute atomic E-state index is 0.145. The van der Waals surface area contributed by atoms with E-state index in [1.165, 1.54) is 11.1 Å². The number of rotatable bonds is 3. The summed E-state index contributed by atoms with van der Waals surface area (Å²) < 4.78 is 0. The van der Waals surface area contributed by atoms with Crippen LogP contribution in [-0.2, 0) is 0 Å². The van der Waals surface area contributed by atoms with E-state index in [1.54, 1.807) is 0 Å². The van der Waals surface area contributed by atoms with Gasteiger partial charge in [0.05, 0.1) is 6.10 Å². The van der Waals surface area contributed by atoms with Gasteiger partial charge in [0.15, 0.2) is 0 Å². The van der Waals surface area contributed by atoms with Crippen LogP contribution in [0.4, 0.5) is 0 Å². The number of aliphatic hydroxyl groups excluding tert-OH is 1. The topological polar surface area (TPSA) is 20.2 Å². The highest BCUT2D eigenvalue weighted by atomic mass is 16.3. The highest BCUT2D eigenvalue weighted by molar-refractivity contribution is 5.29. The molecule has 1 N–H and O–H groups in total. The molecule has 0 aromatic carbocycles. The summed E-state index contributed by atoms with van der Waals surface area (Å²) >= 11 is 0. The second kappa shape index (κ2) is 3.93. The van der Waals surface area contributed by atoms with Crippen molar-refractivity contribution in [2.45, 2.75) is 66.9 Å². The van der Waals surface area contributed by atoms with Crippen LogP contribution < -0.4 is 0 Å². The first-order valence-corrected chi connectivity index (χ1v) is 6.09. The van der Waals surface area contributed by atoms with Gasteiger partial charge >= 0.3 is 0 Å². The Morgan fingerprint density at radius 3 is 2.13 bits per heavy atom. The molecule has 0 bridgehead atoms. The molecule has 0 fully saturated rings. The molecule has 0 saturated carbocycles. The highest BCUT2D eigenvalue weighted by Gasteiger charge is 2.47. The average molecular weight is 210 g/mol. The van der Waals surface area contributed by atoms with E-state index in [0.717, 1.165) is 19.3 Å². The van der Waals surface area contributed by atoms with Crippen molar-refractivity contribution in [1.29, 1.82) is 0 Å². The number of hydrogen-bond acceptors (Lipinski definition) is 1. The van der Waals surface area contributed by atoms with E-state index < -0.39 is 0 Å². The van der Waals surface area contributed by atoms with Crippen LogP contribution in [0.25, 0.3) is 0 Å². The van der Waals surface area contributed by atoms with Gasteiger partial charge in [-0.25, -0.2) is 0 Å². The molecule has 1 heteroatoms. The van der Waals surface area contributed by atoms with Gasteiger partial charge in [-0.05, 0) is 43.9 Å². The predicted octanol–water partition coefficient (Wildman–Crippen LogP) is 3.92. The second-order valence-electron chi connectivity index (χ2n) is 6.03. The van der Waals surface area contributed by atoms with Gasteiger partial charge in [-0.3, -0.25) is 0 Å². The first-order valence-electron chi connectivity index (χ1n) is 6.09. The van der Waals surface area contributed by atoms with Gasteiger partial charge in [-0.1, -0.05) is 38.8 Å². The molecule has 1 aliphatic rings. The molecule has 0 spiro atoms. The van der Waals surface area contributed by atoms with E-state index in [9.17, 15) is 5.11 Å². The van der Waals surface area contributed by atoms with E-state index in [-0.39, 0.29) is 16.9 Å². The Labute approximate surface area is 94.6 Å². The predicted molar refractivity (Wildman–Crippen MR) is 65.8 cm³/mol. The van der Waals surface area contributed by atoms with E-state index in [2.05, 4.69) is 41.5 Å². The molecule has 2 unspecified atom stereocenters. The van der Waals surface area contributed by atoms with Gasteiger partial charge in [-0.15, -0.1) is 0 Å². The third kappa shape index (κ3) is 1.99. The van der Waals surface area contributed by atoms with Crippen molar-refractivity contribution in [3.8, 4) is 0 Å². The summed E-state index contributed by atoms with van der Waals surface area (Å²) in [5.74, 6) is 0. The molecule has 0 aromatic rings. The van der Waals surface area contributed by atoms with E-state index in [0.29, 0.717) is 0 Å². The first kappa shape index (κ1) is 12.8. The molecule has 2 atom stereocenters. The smallest absolute Gasteiger partial charge is 0.0543 e. The Hall–Kier alpha value is -0.300. The molecule has 0 radical (unpaired) electrons. The SMILES string of the molecule is CCC(O)CC1(C)CC(C)=C(C)C1(C)C. The minimum Gasteiger partial charge on any atom is -0.393 e. The molecular weight excluding hydrogens is 184 g/mol. The molecular formula is C14H26O. The van der Waals surface area contributed by atoms with E-state index in [4.69, 9.17) is 0 Å². The van der Waals surface area contributed by atoms with Crippen molar-refractivity contribution in [1.82, 2.24) is 0 Å². The quantitative estimate of drug-likeness (QED) is 0.700. The summed E-state index contributed by atoms with van der Waals surface area (Å²) in [7, 11) is 0. The lowest BCUT2D eigenvalue weighted by Gasteiger charge is -2.41. The maximum Gasteiger partial charge on any atom is 0.0543 e. The van der Waals surface area contributed by atoms with E-state index in [1.807, 2.05) is 0 Å². The fraction of sp³-hybridized carbons (Fsp3) is 0.857. The van der Waals surface area contributed by atoms with Crippen molar-refractivity contribution < 1.29 is 5.11 Å². The molecule has 0 heterocycles. The fourth-order valence-corrected chi connectivity index (χ4v) is 2.92. The van der Waals surface area contributed by atoms with Crippen LogP contribution in [0.15, 0.2) is 11.1 Å². The normalized spacial score (nSPS) is 32.2. The highest BCUT2D eigenvalue weighted by Crippen LogP contribution is 2.57. The van der Waals surface area contributed by atoms with Crippen molar-refractivity contribution in [3.63, 3.8) is 0 Å². The summed E-state index contributed by atoms with van der Waals surface area (Å²) in [6.07, 6.45) is 2.78. The van der Waals surface area contributed by atoms with Crippen LogP contribution in [0, 0.1) is 10.8 Å². The Balaban J connectivity index is 2.90. The van der Waals surface area contributed by atoms with Gasteiger partial charge in [0.1, 0.15) is 0 Å². The van der Waals surface area contributed by atoms with E-state index >= 15 is 0 Å². The van der Waals surface area contributed by atoms with Crippen LogP contribution >= 0.6 is 0 Å². The lowest BCUT2D eigenvalue weighted by Crippen LogP contribution is -2.35. The van der Waals surface area contributed by atoms with Gasteiger partial charge in [0.25, 0.3) is 0 Å². The van der Waals surface area contributed by atoms with Crippen LogP contribution in [0.1, 0.15) is 60.8 Å². The zero-order chi connectivity index (χ0) is 11.9. The number of hydrogen-bond donors (Lipinski definition) is 1. The molecule has 1 nitrogen and oxygen atoms in total. The largest absolute Gasteiger partial charge is 0.393 e. The average Bonchev–Trinajstić information content (AvgIpc) is 2.28. The van der Waals surface area contributed by atoms with Crippen LogP contribution in [0.2, 0.25) is 0 Å². The Morgan fingerprint density at radius 1 is 1.27 bits per heavy atom. The maximum atomic E-state index is 9.87. The number of aliphatic hydroxyl groups is 1. The molecule has 0 aromatic heterocycles. The lowest BCUT2D eigenvalue weighted by atomic mass is 9.63. The zero-order valence-corrected chi connectivity index (χ0v) is 11.1. The van der Waals surface area contributed by atoms with Crippen LogP contribution in [0.5, 0.6) is 0 Å². The fourth-order valence-electron chi connectivity index (χ4n) is 2.92. The van der Waals surface area contributed by atoms with Crippen LogP contribution in [-0.4, -0.2) is 11.2 Å². The number of allylic oxidation sites excluding steroid dienone is 2. The maximum absolute atomic E-state index is 9.87. The molecule has 0 aliphatic heterocycles. The van der Waals surface area contributed by atoms with Crippen molar-refractivity contribution in [2.75, 3.05) is 0 Å². The van der Waals surface area contributed by atoms with Gasteiger partial charge in [-0.2, -0.15) is 0 Å². The van der Waals surface area contributed by atoms with Crippen molar-refractivity contribution in [3.05, 3.63) is 11.1 Å². The standard InChI is InChI=1S/C14H26O/c1-7-12(15)9-14(6)8-10(2)11(3)13(14,4)5/h12,15H,7-9H2,1-6H3. The summed E-state index contributed by atoms with van der Waals surface area (Å²) in [6.45, 7) is 13.5. The molecule has 1 aliphatic carbocycles. The molecule has 0 amide bonds. The lowest BCUT2D eigenvalue weighted by molar-refractivity contribution is 0.0505. The monoisotopic (exact) mass is 210 g/mol. The molecule has 0 saturated heterocycles. The Bertz CT molecular complexity index is 275. The molecule has 88 valence electrons. The first-order chi connectivity index (χ1) is 6.74.